The fraction of sp³-hybridized carbons (Fsp3) is 0.800. The lowest BCUT2D eigenvalue weighted by molar-refractivity contribution is 0.176. The highest BCUT2D eigenvalue weighted by atomic mass is 16.5. The van der Waals surface area contributed by atoms with Gasteiger partial charge < -0.3 is 10.5 Å². The molecule has 0 spiro atoms. The molecular formula is C10H20N4O. The molecule has 1 rings (SSSR count). The van der Waals surface area contributed by atoms with Gasteiger partial charge in [-0.3, -0.25) is 0 Å². The molecule has 0 aromatic carbocycles. The summed E-state index contributed by atoms with van der Waals surface area (Å²) in [6.45, 7) is 4.77. The first-order chi connectivity index (χ1) is 7.15. The van der Waals surface area contributed by atoms with Crippen LogP contribution in [0.25, 0.3) is 0 Å². The van der Waals surface area contributed by atoms with Crippen LogP contribution >= 0.6 is 0 Å². The minimum Gasteiger partial charge on any atom is -0.383 e. The van der Waals surface area contributed by atoms with E-state index in [1.807, 2.05) is 4.68 Å². The minimum atomic E-state index is 0.0762. The second-order valence-electron chi connectivity index (χ2n) is 3.97. The number of hydrogen-bond donors (Lipinski definition) is 1. The lowest BCUT2D eigenvalue weighted by Crippen LogP contribution is -2.26. The Balaban J connectivity index is 2.46. The third-order valence-corrected chi connectivity index (χ3v) is 2.26. The van der Waals surface area contributed by atoms with Crippen LogP contribution < -0.4 is 5.73 Å². The fourth-order valence-corrected chi connectivity index (χ4v) is 1.50. The summed E-state index contributed by atoms with van der Waals surface area (Å²) in [5.41, 5.74) is 5.84. The number of nitrogens with zero attached hydrogens (tertiary/aromatic N) is 3. The molecule has 1 aromatic rings. The van der Waals surface area contributed by atoms with Crippen LogP contribution in [0.15, 0.2) is 6.33 Å². The van der Waals surface area contributed by atoms with Crippen molar-refractivity contribution in [3.05, 3.63) is 12.2 Å². The van der Waals surface area contributed by atoms with Gasteiger partial charge in [-0.15, -0.1) is 0 Å². The van der Waals surface area contributed by atoms with Gasteiger partial charge in [0.15, 0.2) is 0 Å². The second kappa shape index (κ2) is 5.82. The van der Waals surface area contributed by atoms with Gasteiger partial charge in [-0.2, -0.15) is 5.10 Å². The number of nitrogens with two attached hydrogens (primary N) is 1. The molecule has 15 heavy (non-hydrogen) atoms. The zero-order chi connectivity index (χ0) is 11.3. The van der Waals surface area contributed by atoms with Crippen LogP contribution in [-0.4, -0.2) is 34.5 Å². The second-order valence-corrected chi connectivity index (χ2v) is 3.97. The van der Waals surface area contributed by atoms with E-state index in [-0.39, 0.29) is 6.04 Å². The largest absolute Gasteiger partial charge is 0.383 e. The van der Waals surface area contributed by atoms with E-state index in [4.69, 9.17) is 10.5 Å². The van der Waals surface area contributed by atoms with Crippen LogP contribution in [0.5, 0.6) is 0 Å². The lowest BCUT2D eigenvalue weighted by atomic mass is 10.1. The molecule has 0 bridgehead atoms. The predicted octanol–water partition coefficient (Wildman–Crippen LogP) is 0.765. The van der Waals surface area contributed by atoms with Gasteiger partial charge in [-0.25, -0.2) is 9.67 Å². The van der Waals surface area contributed by atoms with Crippen LogP contribution in [0, 0.1) is 0 Å². The molecule has 0 saturated heterocycles. The van der Waals surface area contributed by atoms with Crippen molar-refractivity contribution < 1.29 is 4.74 Å². The van der Waals surface area contributed by atoms with Crippen LogP contribution in [0.3, 0.4) is 0 Å². The Morgan fingerprint density at radius 1 is 1.53 bits per heavy atom. The summed E-state index contributed by atoms with van der Waals surface area (Å²) in [5.74, 6) is 0.997. The van der Waals surface area contributed by atoms with Gasteiger partial charge in [0.2, 0.25) is 0 Å². The van der Waals surface area contributed by atoms with Gasteiger partial charge >= 0.3 is 0 Å². The van der Waals surface area contributed by atoms with E-state index in [1.165, 1.54) is 0 Å². The van der Waals surface area contributed by atoms with Crippen molar-refractivity contribution in [3.63, 3.8) is 0 Å². The molecule has 0 amide bonds. The van der Waals surface area contributed by atoms with E-state index < -0.39 is 0 Å². The topological polar surface area (TPSA) is 66.0 Å². The molecule has 1 heterocycles. The lowest BCUT2D eigenvalue weighted by Gasteiger charge is -2.12. The summed E-state index contributed by atoms with van der Waals surface area (Å²) in [4.78, 5) is 4.23. The quantitative estimate of drug-likeness (QED) is 0.756. The number of aryl methyl sites for hydroxylation is 1. The first-order valence-electron chi connectivity index (χ1n) is 5.28. The highest BCUT2D eigenvalue weighted by Gasteiger charge is 2.09. The summed E-state index contributed by atoms with van der Waals surface area (Å²) in [6, 6.07) is 0.425. The van der Waals surface area contributed by atoms with Gasteiger partial charge in [0, 0.05) is 25.6 Å². The smallest absolute Gasteiger partial charge is 0.138 e. The zero-order valence-electron chi connectivity index (χ0n) is 9.68. The fourth-order valence-electron chi connectivity index (χ4n) is 1.50. The molecule has 1 atom stereocenters. The molecular weight excluding hydrogens is 192 g/mol. The molecule has 0 fully saturated rings. The Morgan fingerprint density at radius 2 is 2.27 bits per heavy atom. The average molecular weight is 212 g/mol. The maximum absolute atomic E-state index is 5.84. The standard InChI is InChI=1S/C10H20N4O/c1-8(2)14-10(12-7-13-14)5-4-9(11)6-15-3/h7-9H,4-6,11H2,1-3H3. The highest BCUT2D eigenvalue weighted by Crippen LogP contribution is 2.07. The maximum atomic E-state index is 5.84. The number of methoxy groups -OCH3 is 1. The van der Waals surface area contributed by atoms with Crippen molar-refractivity contribution in [1.82, 2.24) is 14.8 Å². The van der Waals surface area contributed by atoms with E-state index in [9.17, 15) is 0 Å². The summed E-state index contributed by atoms with van der Waals surface area (Å²) < 4.78 is 6.91. The Labute approximate surface area is 90.6 Å². The van der Waals surface area contributed by atoms with Crippen LogP contribution in [-0.2, 0) is 11.2 Å². The van der Waals surface area contributed by atoms with E-state index in [2.05, 4.69) is 23.9 Å². The first-order valence-corrected chi connectivity index (χ1v) is 5.28. The Hall–Kier alpha value is -0.940. The SMILES string of the molecule is COCC(N)CCc1ncnn1C(C)C. The van der Waals surface area contributed by atoms with Crippen molar-refractivity contribution in [1.29, 1.82) is 0 Å². The predicted molar refractivity (Wildman–Crippen MR) is 58.6 cm³/mol. The molecule has 5 nitrogen and oxygen atoms in total. The van der Waals surface area contributed by atoms with E-state index >= 15 is 0 Å². The molecule has 0 saturated carbocycles. The Bertz CT molecular complexity index is 285. The van der Waals surface area contributed by atoms with Crippen molar-refractivity contribution >= 4 is 0 Å². The Morgan fingerprint density at radius 3 is 2.87 bits per heavy atom. The molecule has 0 radical (unpaired) electrons. The van der Waals surface area contributed by atoms with Crippen LogP contribution in [0.4, 0.5) is 0 Å². The summed E-state index contributed by atoms with van der Waals surface area (Å²) in [6.07, 6.45) is 3.32. The van der Waals surface area contributed by atoms with Crippen molar-refractivity contribution in [2.75, 3.05) is 13.7 Å². The minimum absolute atomic E-state index is 0.0762. The van der Waals surface area contributed by atoms with Crippen molar-refractivity contribution in [3.8, 4) is 0 Å². The van der Waals surface area contributed by atoms with Gasteiger partial charge in [-0.05, 0) is 20.3 Å². The van der Waals surface area contributed by atoms with Crippen LogP contribution in [0.1, 0.15) is 32.1 Å². The van der Waals surface area contributed by atoms with Crippen molar-refractivity contribution in [2.45, 2.75) is 38.8 Å². The van der Waals surface area contributed by atoms with Gasteiger partial charge in [0.25, 0.3) is 0 Å². The molecule has 0 aliphatic heterocycles. The number of rotatable bonds is 6. The van der Waals surface area contributed by atoms with Gasteiger partial charge in [0.1, 0.15) is 12.2 Å². The molecule has 0 aliphatic carbocycles. The normalized spacial score (nSPS) is 13.4. The molecule has 0 aliphatic rings. The number of hydrogen-bond acceptors (Lipinski definition) is 4. The summed E-state index contributed by atoms with van der Waals surface area (Å²) in [5, 5.41) is 4.17. The molecule has 2 N–H and O–H groups in total. The molecule has 86 valence electrons. The maximum Gasteiger partial charge on any atom is 0.138 e. The summed E-state index contributed by atoms with van der Waals surface area (Å²) in [7, 11) is 1.66. The van der Waals surface area contributed by atoms with Crippen LogP contribution in [0.2, 0.25) is 0 Å². The van der Waals surface area contributed by atoms with Gasteiger partial charge in [-0.1, -0.05) is 0 Å². The van der Waals surface area contributed by atoms with E-state index in [0.29, 0.717) is 12.6 Å². The van der Waals surface area contributed by atoms with E-state index in [0.717, 1.165) is 18.7 Å². The molecule has 1 aromatic heterocycles. The number of ether oxygens (including phenoxy) is 1. The third kappa shape index (κ3) is 3.60. The Kier molecular flexibility index (Phi) is 4.71. The third-order valence-electron chi connectivity index (χ3n) is 2.26. The number of aromatic nitrogens is 3. The highest BCUT2D eigenvalue weighted by molar-refractivity contribution is 4.87. The molecule has 5 heteroatoms. The zero-order valence-corrected chi connectivity index (χ0v) is 9.68. The first kappa shape index (κ1) is 12.1. The summed E-state index contributed by atoms with van der Waals surface area (Å²) >= 11 is 0. The molecule has 1 unspecified atom stereocenters. The van der Waals surface area contributed by atoms with E-state index in [1.54, 1.807) is 13.4 Å². The average Bonchev–Trinajstić information content (AvgIpc) is 2.63. The van der Waals surface area contributed by atoms with Crippen molar-refractivity contribution in [2.24, 2.45) is 5.73 Å². The monoisotopic (exact) mass is 212 g/mol. The van der Waals surface area contributed by atoms with Gasteiger partial charge in [0.05, 0.1) is 6.61 Å².